The second-order valence-corrected chi connectivity index (χ2v) is 10.0. The van der Waals surface area contributed by atoms with Crippen LogP contribution in [0.3, 0.4) is 0 Å². The van der Waals surface area contributed by atoms with Crippen LogP contribution in [0.4, 0.5) is 0 Å². The molecule has 6 heteroatoms. The van der Waals surface area contributed by atoms with Gasteiger partial charge in [-0.2, -0.15) is 0 Å². The van der Waals surface area contributed by atoms with E-state index in [1.165, 1.54) is 0 Å². The molecular formula is C24H31ClN2O2S. The number of amides is 2. The van der Waals surface area contributed by atoms with E-state index in [0.29, 0.717) is 23.7 Å². The summed E-state index contributed by atoms with van der Waals surface area (Å²) in [5.41, 5.74) is 1.80. The Kier molecular flexibility index (Phi) is 8.80. The number of nitrogens with one attached hydrogen (secondary N) is 1. The van der Waals surface area contributed by atoms with Gasteiger partial charge in [-0.05, 0) is 70.0 Å². The Morgan fingerprint density at radius 3 is 2.33 bits per heavy atom. The number of aryl methyl sites for hydroxylation is 1. The quantitative estimate of drug-likeness (QED) is 0.547. The number of nitrogens with zero attached hydrogens (tertiary/aromatic N) is 1. The summed E-state index contributed by atoms with van der Waals surface area (Å²) < 4.78 is 0. The second-order valence-electron chi connectivity index (χ2n) is 8.42. The lowest BCUT2D eigenvalue weighted by Crippen LogP contribution is -2.52. The summed E-state index contributed by atoms with van der Waals surface area (Å²) in [5, 5.41) is 3.68. The second kappa shape index (κ2) is 10.9. The maximum absolute atomic E-state index is 13.1. The van der Waals surface area contributed by atoms with Gasteiger partial charge in [0, 0.05) is 34.2 Å². The van der Waals surface area contributed by atoms with Crippen LogP contribution < -0.4 is 5.32 Å². The predicted octanol–water partition coefficient (Wildman–Crippen LogP) is 5.46. The SMILES string of the molecule is Cc1ccccc1CN(C(=O)CCSc1ccc(Cl)cc1)[C@H](C)C(=O)NC(C)(C)C. The molecule has 1 atom stereocenters. The van der Waals surface area contributed by atoms with E-state index in [1.807, 2.05) is 76.2 Å². The summed E-state index contributed by atoms with van der Waals surface area (Å²) in [7, 11) is 0. The number of halogens is 1. The average Bonchev–Trinajstić information content (AvgIpc) is 2.67. The highest BCUT2D eigenvalue weighted by molar-refractivity contribution is 7.99. The minimum Gasteiger partial charge on any atom is -0.350 e. The first-order chi connectivity index (χ1) is 14.1. The molecule has 0 unspecified atom stereocenters. The Labute approximate surface area is 189 Å². The van der Waals surface area contributed by atoms with Crippen LogP contribution in [0.5, 0.6) is 0 Å². The molecule has 2 amide bonds. The van der Waals surface area contributed by atoms with E-state index in [-0.39, 0.29) is 17.4 Å². The lowest BCUT2D eigenvalue weighted by molar-refractivity contribution is -0.140. The van der Waals surface area contributed by atoms with Crippen LogP contribution in [0.1, 0.15) is 45.2 Å². The zero-order valence-corrected chi connectivity index (χ0v) is 19.9. The lowest BCUT2D eigenvalue weighted by Gasteiger charge is -2.32. The van der Waals surface area contributed by atoms with Crippen molar-refractivity contribution >= 4 is 35.2 Å². The van der Waals surface area contributed by atoms with Crippen molar-refractivity contribution in [3.05, 3.63) is 64.7 Å². The predicted molar refractivity (Wildman–Crippen MR) is 126 cm³/mol. The van der Waals surface area contributed by atoms with E-state index < -0.39 is 6.04 Å². The molecule has 0 heterocycles. The lowest BCUT2D eigenvalue weighted by atomic mass is 10.1. The zero-order chi connectivity index (χ0) is 22.3. The molecule has 1 N–H and O–H groups in total. The van der Waals surface area contributed by atoms with Crippen molar-refractivity contribution < 1.29 is 9.59 Å². The highest BCUT2D eigenvalue weighted by atomic mass is 35.5. The monoisotopic (exact) mass is 446 g/mol. The summed E-state index contributed by atoms with van der Waals surface area (Å²) in [5.74, 6) is 0.462. The Bertz CT molecular complexity index is 862. The molecule has 0 aromatic heterocycles. The van der Waals surface area contributed by atoms with Gasteiger partial charge in [0.2, 0.25) is 11.8 Å². The largest absolute Gasteiger partial charge is 0.350 e. The Morgan fingerprint density at radius 1 is 1.10 bits per heavy atom. The number of thioether (sulfide) groups is 1. The molecule has 2 aromatic carbocycles. The molecule has 0 saturated carbocycles. The van der Waals surface area contributed by atoms with Gasteiger partial charge >= 0.3 is 0 Å². The van der Waals surface area contributed by atoms with Crippen molar-refractivity contribution in [1.82, 2.24) is 10.2 Å². The number of rotatable bonds is 8. The van der Waals surface area contributed by atoms with Crippen LogP contribution in [0, 0.1) is 6.92 Å². The average molecular weight is 447 g/mol. The summed E-state index contributed by atoms with van der Waals surface area (Å²) in [6.07, 6.45) is 0.353. The van der Waals surface area contributed by atoms with Crippen LogP contribution >= 0.6 is 23.4 Å². The summed E-state index contributed by atoms with van der Waals surface area (Å²) in [4.78, 5) is 28.7. The maximum atomic E-state index is 13.1. The highest BCUT2D eigenvalue weighted by Gasteiger charge is 2.28. The smallest absolute Gasteiger partial charge is 0.242 e. The molecule has 0 bridgehead atoms. The van der Waals surface area contributed by atoms with Crippen molar-refractivity contribution in [3.8, 4) is 0 Å². The van der Waals surface area contributed by atoms with Gasteiger partial charge in [-0.1, -0.05) is 35.9 Å². The third-order valence-electron chi connectivity index (χ3n) is 4.67. The Morgan fingerprint density at radius 2 is 1.73 bits per heavy atom. The fraction of sp³-hybridized carbons (Fsp3) is 0.417. The van der Waals surface area contributed by atoms with Crippen molar-refractivity contribution in [1.29, 1.82) is 0 Å². The van der Waals surface area contributed by atoms with Crippen LogP contribution in [-0.2, 0) is 16.1 Å². The van der Waals surface area contributed by atoms with E-state index in [4.69, 9.17) is 11.6 Å². The van der Waals surface area contributed by atoms with Crippen LogP contribution in [0.25, 0.3) is 0 Å². The fourth-order valence-electron chi connectivity index (χ4n) is 2.96. The first kappa shape index (κ1) is 24.3. The molecule has 0 saturated heterocycles. The van der Waals surface area contributed by atoms with Crippen molar-refractivity contribution in [2.75, 3.05) is 5.75 Å². The normalized spacial score (nSPS) is 12.3. The minimum atomic E-state index is -0.558. The summed E-state index contributed by atoms with van der Waals surface area (Å²) >= 11 is 7.54. The Hall–Kier alpha value is -1.98. The first-order valence-electron chi connectivity index (χ1n) is 10.1. The van der Waals surface area contributed by atoms with Crippen molar-refractivity contribution in [3.63, 3.8) is 0 Å². The van der Waals surface area contributed by atoms with Crippen LogP contribution in [0.15, 0.2) is 53.4 Å². The topological polar surface area (TPSA) is 49.4 Å². The number of benzene rings is 2. The van der Waals surface area contributed by atoms with E-state index in [0.717, 1.165) is 16.0 Å². The third kappa shape index (κ3) is 7.69. The Balaban J connectivity index is 2.10. The van der Waals surface area contributed by atoms with Gasteiger partial charge in [-0.15, -0.1) is 11.8 Å². The standard InChI is InChI=1S/C24H31ClN2O2S/c1-17-8-6-7-9-19(17)16-27(18(2)23(29)26-24(3,4)5)22(28)14-15-30-21-12-10-20(25)11-13-21/h6-13,18H,14-16H2,1-5H3,(H,26,29)/t18-/m1/s1. The molecular weight excluding hydrogens is 416 g/mol. The van der Waals surface area contributed by atoms with Crippen LogP contribution in [-0.4, -0.2) is 34.0 Å². The fourth-order valence-corrected chi connectivity index (χ4v) is 3.93. The molecule has 0 fully saturated rings. The van der Waals surface area contributed by atoms with Gasteiger partial charge in [-0.25, -0.2) is 0 Å². The molecule has 4 nitrogen and oxygen atoms in total. The van der Waals surface area contributed by atoms with Gasteiger partial charge in [0.25, 0.3) is 0 Å². The number of carbonyl (C=O) groups excluding carboxylic acids is 2. The van der Waals surface area contributed by atoms with Crippen molar-refractivity contribution in [2.24, 2.45) is 0 Å². The van der Waals surface area contributed by atoms with Gasteiger partial charge in [-0.3, -0.25) is 9.59 Å². The summed E-state index contributed by atoms with van der Waals surface area (Å²) in [6.45, 7) is 10.0. The van der Waals surface area contributed by atoms with E-state index in [2.05, 4.69) is 5.32 Å². The van der Waals surface area contributed by atoms with Gasteiger partial charge in [0.1, 0.15) is 6.04 Å². The van der Waals surface area contributed by atoms with Gasteiger partial charge < -0.3 is 10.2 Å². The zero-order valence-electron chi connectivity index (χ0n) is 18.4. The molecule has 0 aliphatic heterocycles. The molecule has 2 aromatic rings. The molecule has 0 spiro atoms. The van der Waals surface area contributed by atoms with Gasteiger partial charge in [0.05, 0.1) is 0 Å². The number of hydrogen-bond acceptors (Lipinski definition) is 3. The molecule has 2 rings (SSSR count). The summed E-state index contributed by atoms with van der Waals surface area (Å²) in [6, 6.07) is 15.0. The molecule has 0 aliphatic rings. The molecule has 162 valence electrons. The minimum absolute atomic E-state index is 0.0312. The van der Waals surface area contributed by atoms with Crippen molar-refractivity contribution in [2.45, 2.75) is 64.1 Å². The maximum Gasteiger partial charge on any atom is 0.242 e. The van der Waals surface area contributed by atoms with E-state index >= 15 is 0 Å². The van der Waals surface area contributed by atoms with E-state index in [9.17, 15) is 9.59 Å². The van der Waals surface area contributed by atoms with E-state index in [1.54, 1.807) is 23.6 Å². The number of hydrogen-bond donors (Lipinski definition) is 1. The first-order valence-corrected chi connectivity index (χ1v) is 11.5. The van der Waals surface area contributed by atoms with Crippen LogP contribution in [0.2, 0.25) is 5.02 Å². The molecule has 0 radical (unpaired) electrons. The highest BCUT2D eigenvalue weighted by Crippen LogP contribution is 2.22. The third-order valence-corrected chi connectivity index (χ3v) is 5.93. The van der Waals surface area contributed by atoms with Gasteiger partial charge in [0.15, 0.2) is 0 Å². The number of carbonyl (C=O) groups is 2. The molecule has 0 aliphatic carbocycles. The molecule has 30 heavy (non-hydrogen) atoms.